The van der Waals surface area contributed by atoms with E-state index in [-0.39, 0.29) is 12.3 Å². The summed E-state index contributed by atoms with van der Waals surface area (Å²) in [6, 6.07) is 4.23. The van der Waals surface area contributed by atoms with Gasteiger partial charge in [-0.3, -0.25) is 4.79 Å². The third-order valence-electron chi connectivity index (χ3n) is 2.95. The van der Waals surface area contributed by atoms with Gasteiger partial charge in [0, 0.05) is 6.42 Å². The Morgan fingerprint density at radius 2 is 2.38 bits per heavy atom. The fraction of sp³-hybridized carbons (Fsp3) is 0.500. The van der Waals surface area contributed by atoms with Gasteiger partial charge in [0.25, 0.3) is 0 Å². The topological polar surface area (TPSA) is 61.1 Å². The normalized spacial score (nSPS) is 14.4. The monoisotopic (exact) mass is 237 g/mol. The molecule has 1 N–H and O–H groups in total. The smallest absolute Gasteiger partial charge is 0.303 e. The van der Waals surface area contributed by atoms with Crippen molar-refractivity contribution < 1.29 is 9.90 Å². The van der Waals surface area contributed by atoms with Crippen molar-refractivity contribution in [1.82, 2.24) is 0 Å². The van der Waals surface area contributed by atoms with Gasteiger partial charge in [0.1, 0.15) is 0 Å². The van der Waals surface area contributed by atoms with Crippen LogP contribution in [0.2, 0.25) is 0 Å². The first-order chi connectivity index (χ1) is 7.53. The molecule has 0 saturated heterocycles. The zero-order valence-electron chi connectivity index (χ0n) is 9.43. The number of hydrogen-bond acceptors (Lipinski definition) is 3. The highest BCUT2D eigenvalue weighted by atomic mass is 32.1. The van der Waals surface area contributed by atoms with Crippen molar-refractivity contribution in [2.75, 3.05) is 0 Å². The number of nitriles is 1. The van der Waals surface area contributed by atoms with E-state index in [1.807, 2.05) is 30.7 Å². The largest absolute Gasteiger partial charge is 0.481 e. The lowest BCUT2D eigenvalue weighted by Gasteiger charge is -2.29. The molecule has 0 aliphatic rings. The predicted octanol–water partition coefficient (Wildman–Crippen LogP) is 3.03. The van der Waals surface area contributed by atoms with Crippen LogP contribution in [0.1, 0.15) is 32.3 Å². The Balaban J connectivity index is 3.02. The molecule has 0 aliphatic heterocycles. The molecule has 0 radical (unpaired) electrons. The van der Waals surface area contributed by atoms with Crippen LogP contribution in [0.25, 0.3) is 0 Å². The molecule has 1 aromatic heterocycles. The number of nitrogens with zero attached hydrogens (tertiary/aromatic N) is 1. The lowest BCUT2D eigenvalue weighted by molar-refractivity contribution is -0.137. The number of carboxylic acid groups (broad SMARTS) is 1. The van der Waals surface area contributed by atoms with Crippen LogP contribution in [0.4, 0.5) is 0 Å². The molecule has 0 fully saturated rings. The standard InChI is InChI=1S/C12H15NO2S/c1-9(2)12(8-13,5-3-11(14)15)10-4-6-16-7-10/h4,6-7,9H,3,5H2,1-2H3,(H,14,15)/t12-/m0/s1. The summed E-state index contributed by atoms with van der Waals surface area (Å²) in [6.45, 7) is 3.92. The molecule has 1 atom stereocenters. The summed E-state index contributed by atoms with van der Waals surface area (Å²) in [7, 11) is 0. The lowest BCUT2D eigenvalue weighted by atomic mass is 9.71. The van der Waals surface area contributed by atoms with Crippen LogP contribution < -0.4 is 0 Å². The van der Waals surface area contributed by atoms with Crippen LogP contribution in [0.15, 0.2) is 16.8 Å². The highest BCUT2D eigenvalue weighted by Crippen LogP contribution is 2.37. The third kappa shape index (κ3) is 2.42. The van der Waals surface area contributed by atoms with E-state index in [1.54, 1.807) is 0 Å². The maximum absolute atomic E-state index is 10.6. The van der Waals surface area contributed by atoms with Gasteiger partial charge in [-0.25, -0.2) is 0 Å². The summed E-state index contributed by atoms with van der Waals surface area (Å²) in [5.41, 5.74) is 0.273. The molecule has 0 amide bonds. The molecular formula is C12H15NO2S. The van der Waals surface area contributed by atoms with E-state index in [0.717, 1.165) is 5.56 Å². The summed E-state index contributed by atoms with van der Waals surface area (Å²) in [5.74, 6) is -0.748. The van der Waals surface area contributed by atoms with Gasteiger partial charge in [-0.15, -0.1) is 0 Å². The van der Waals surface area contributed by atoms with E-state index in [4.69, 9.17) is 5.11 Å². The van der Waals surface area contributed by atoms with Gasteiger partial charge < -0.3 is 5.11 Å². The Morgan fingerprint density at radius 1 is 1.69 bits per heavy atom. The van der Waals surface area contributed by atoms with E-state index in [9.17, 15) is 10.1 Å². The second kappa shape index (κ2) is 5.13. The molecule has 0 aliphatic carbocycles. The molecule has 86 valence electrons. The molecule has 0 unspecified atom stereocenters. The van der Waals surface area contributed by atoms with Crippen molar-refractivity contribution >= 4 is 17.3 Å². The highest BCUT2D eigenvalue weighted by Gasteiger charge is 2.36. The van der Waals surface area contributed by atoms with Gasteiger partial charge in [0.05, 0.1) is 11.5 Å². The molecular weight excluding hydrogens is 222 g/mol. The van der Waals surface area contributed by atoms with Crippen molar-refractivity contribution in [1.29, 1.82) is 5.26 Å². The molecule has 1 rings (SSSR count). The fourth-order valence-corrected chi connectivity index (χ4v) is 2.58. The molecule has 16 heavy (non-hydrogen) atoms. The fourth-order valence-electron chi connectivity index (χ4n) is 1.84. The first kappa shape index (κ1) is 12.7. The minimum Gasteiger partial charge on any atom is -0.481 e. The minimum atomic E-state index is -0.851. The van der Waals surface area contributed by atoms with Gasteiger partial charge in [-0.05, 0) is 34.7 Å². The van der Waals surface area contributed by atoms with Crippen LogP contribution >= 0.6 is 11.3 Å². The predicted molar refractivity (Wildman–Crippen MR) is 63.3 cm³/mol. The zero-order valence-corrected chi connectivity index (χ0v) is 10.3. The summed E-state index contributed by atoms with van der Waals surface area (Å²) < 4.78 is 0. The summed E-state index contributed by atoms with van der Waals surface area (Å²) in [6.07, 6.45) is 0.398. The summed E-state index contributed by atoms with van der Waals surface area (Å²) in [4.78, 5) is 10.6. The van der Waals surface area contributed by atoms with Crippen molar-refractivity contribution in [3.05, 3.63) is 22.4 Å². The Hall–Kier alpha value is -1.34. The SMILES string of the molecule is CC(C)[C@@](C#N)(CCC(=O)O)c1ccsc1. The second-order valence-corrected chi connectivity index (χ2v) is 4.92. The van der Waals surface area contributed by atoms with Crippen molar-refractivity contribution in [3.63, 3.8) is 0 Å². The third-order valence-corrected chi connectivity index (χ3v) is 3.64. The highest BCUT2D eigenvalue weighted by molar-refractivity contribution is 7.08. The Labute approximate surface area is 99.3 Å². The molecule has 0 saturated carbocycles. The molecule has 0 bridgehead atoms. The minimum absolute atomic E-state index is 0.0294. The van der Waals surface area contributed by atoms with E-state index in [1.165, 1.54) is 11.3 Å². The van der Waals surface area contributed by atoms with E-state index in [2.05, 4.69) is 6.07 Å². The Morgan fingerprint density at radius 3 is 2.75 bits per heavy atom. The number of aliphatic carboxylic acids is 1. The maximum atomic E-state index is 10.6. The van der Waals surface area contributed by atoms with Gasteiger partial charge in [0.2, 0.25) is 0 Å². The zero-order chi connectivity index (χ0) is 12.2. The number of thiophene rings is 1. The first-order valence-electron chi connectivity index (χ1n) is 5.18. The second-order valence-electron chi connectivity index (χ2n) is 4.14. The molecule has 4 heteroatoms. The van der Waals surface area contributed by atoms with E-state index >= 15 is 0 Å². The average Bonchev–Trinajstić information content (AvgIpc) is 2.72. The molecule has 0 spiro atoms. The van der Waals surface area contributed by atoms with Crippen LogP contribution in [0, 0.1) is 17.2 Å². The number of carboxylic acids is 1. The maximum Gasteiger partial charge on any atom is 0.303 e. The van der Waals surface area contributed by atoms with Crippen molar-refractivity contribution in [2.24, 2.45) is 5.92 Å². The molecule has 3 nitrogen and oxygen atoms in total. The van der Waals surface area contributed by atoms with E-state index in [0.29, 0.717) is 6.42 Å². The van der Waals surface area contributed by atoms with Gasteiger partial charge in [0.15, 0.2) is 0 Å². The van der Waals surface area contributed by atoms with Crippen LogP contribution in [-0.2, 0) is 10.2 Å². The van der Waals surface area contributed by atoms with Crippen molar-refractivity contribution in [3.8, 4) is 6.07 Å². The van der Waals surface area contributed by atoms with Gasteiger partial charge >= 0.3 is 5.97 Å². The molecule has 1 aromatic rings. The first-order valence-corrected chi connectivity index (χ1v) is 6.13. The van der Waals surface area contributed by atoms with E-state index < -0.39 is 11.4 Å². The Bertz CT molecular complexity index is 392. The summed E-state index contributed by atoms with van der Waals surface area (Å²) in [5, 5.41) is 22.0. The number of rotatable bonds is 5. The molecule has 1 heterocycles. The van der Waals surface area contributed by atoms with Crippen molar-refractivity contribution in [2.45, 2.75) is 32.1 Å². The summed E-state index contributed by atoms with van der Waals surface area (Å²) >= 11 is 1.53. The average molecular weight is 237 g/mol. The molecule has 0 aromatic carbocycles. The van der Waals surface area contributed by atoms with Gasteiger partial charge in [-0.2, -0.15) is 16.6 Å². The lowest BCUT2D eigenvalue weighted by Crippen LogP contribution is -2.31. The Kier molecular flexibility index (Phi) is 4.08. The quantitative estimate of drug-likeness (QED) is 0.856. The van der Waals surface area contributed by atoms with Crippen LogP contribution in [0.3, 0.4) is 0 Å². The van der Waals surface area contributed by atoms with Crippen LogP contribution in [-0.4, -0.2) is 11.1 Å². The van der Waals surface area contributed by atoms with Gasteiger partial charge in [-0.1, -0.05) is 13.8 Å². The number of carbonyl (C=O) groups is 1. The van der Waals surface area contributed by atoms with Crippen LogP contribution in [0.5, 0.6) is 0 Å². The number of hydrogen-bond donors (Lipinski definition) is 1.